The molecule has 2 heterocycles. The van der Waals surface area contributed by atoms with Crippen LogP contribution in [0.15, 0.2) is 54.7 Å². The van der Waals surface area contributed by atoms with Gasteiger partial charge in [-0.1, -0.05) is 30.3 Å². The fourth-order valence-corrected chi connectivity index (χ4v) is 3.54. The van der Waals surface area contributed by atoms with Gasteiger partial charge in [-0.05, 0) is 17.7 Å². The van der Waals surface area contributed by atoms with Crippen molar-refractivity contribution in [3.63, 3.8) is 0 Å². The maximum absolute atomic E-state index is 11.2. The number of nitro benzene ring substituents is 1. The second-order valence-corrected chi connectivity index (χ2v) is 6.37. The highest BCUT2D eigenvalue weighted by atomic mass is 16.6. The van der Waals surface area contributed by atoms with Crippen LogP contribution in [0.5, 0.6) is 0 Å². The Morgan fingerprint density at radius 1 is 1.00 bits per heavy atom. The fourth-order valence-electron chi connectivity index (χ4n) is 3.54. The minimum absolute atomic E-state index is 0.188. The molecule has 0 amide bonds. The van der Waals surface area contributed by atoms with Gasteiger partial charge in [-0.2, -0.15) is 0 Å². The zero-order valence-corrected chi connectivity index (χ0v) is 13.9. The SMILES string of the molecule is O=[N+]([O-])c1ccccc1N1CCN(Cc2c[nH]c3ccccc23)CC1. The lowest BCUT2D eigenvalue weighted by Crippen LogP contribution is -2.46. The summed E-state index contributed by atoms with van der Waals surface area (Å²) in [6.45, 7) is 4.28. The molecule has 1 aromatic heterocycles. The number of nitrogens with zero attached hydrogens (tertiary/aromatic N) is 3. The van der Waals surface area contributed by atoms with Crippen molar-refractivity contribution in [1.82, 2.24) is 9.88 Å². The maximum Gasteiger partial charge on any atom is 0.292 e. The van der Waals surface area contributed by atoms with Crippen molar-refractivity contribution in [3.8, 4) is 0 Å². The van der Waals surface area contributed by atoms with Gasteiger partial charge in [0.15, 0.2) is 0 Å². The molecule has 0 spiro atoms. The van der Waals surface area contributed by atoms with Gasteiger partial charge in [0.05, 0.1) is 4.92 Å². The highest BCUT2D eigenvalue weighted by Crippen LogP contribution is 2.28. The number of nitrogens with one attached hydrogen (secondary N) is 1. The van der Waals surface area contributed by atoms with E-state index in [9.17, 15) is 10.1 Å². The third-order valence-corrected chi connectivity index (χ3v) is 4.86. The first-order valence-electron chi connectivity index (χ1n) is 8.48. The molecule has 3 aromatic rings. The summed E-state index contributed by atoms with van der Waals surface area (Å²) in [5, 5.41) is 12.5. The summed E-state index contributed by atoms with van der Waals surface area (Å²) in [7, 11) is 0. The number of aromatic amines is 1. The van der Waals surface area contributed by atoms with E-state index < -0.39 is 0 Å². The van der Waals surface area contributed by atoms with Crippen LogP contribution in [0.25, 0.3) is 10.9 Å². The number of rotatable bonds is 4. The molecule has 25 heavy (non-hydrogen) atoms. The summed E-state index contributed by atoms with van der Waals surface area (Å²) in [6, 6.07) is 15.3. The van der Waals surface area contributed by atoms with Crippen LogP contribution in [-0.4, -0.2) is 41.0 Å². The van der Waals surface area contributed by atoms with E-state index in [-0.39, 0.29) is 10.6 Å². The second-order valence-electron chi connectivity index (χ2n) is 6.37. The van der Waals surface area contributed by atoms with Crippen LogP contribution in [0.1, 0.15) is 5.56 Å². The van der Waals surface area contributed by atoms with Crippen molar-refractivity contribution in [1.29, 1.82) is 0 Å². The van der Waals surface area contributed by atoms with Gasteiger partial charge in [-0.3, -0.25) is 15.0 Å². The molecule has 2 aromatic carbocycles. The van der Waals surface area contributed by atoms with Crippen molar-refractivity contribution in [2.45, 2.75) is 6.54 Å². The molecule has 1 aliphatic rings. The fraction of sp³-hybridized carbons (Fsp3) is 0.263. The zero-order chi connectivity index (χ0) is 17.2. The minimum Gasteiger partial charge on any atom is -0.363 e. The normalized spacial score (nSPS) is 15.6. The largest absolute Gasteiger partial charge is 0.363 e. The summed E-state index contributed by atoms with van der Waals surface area (Å²) in [5.74, 6) is 0. The molecule has 1 fully saturated rings. The van der Waals surface area contributed by atoms with E-state index in [1.807, 2.05) is 18.2 Å². The molecule has 6 heteroatoms. The molecule has 0 atom stereocenters. The van der Waals surface area contributed by atoms with E-state index in [0.29, 0.717) is 0 Å². The molecule has 0 unspecified atom stereocenters. The van der Waals surface area contributed by atoms with Gasteiger partial charge in [-0.15, -0.1) is 0 Å². The lowest BCUT2D eigenvalue weighted by atomic mass is 10.1. The molecule has 1 aliphatic heterocycles. The number of nitro groups is 1. The average molecular weight is 336 g/mol. The Morgan fingerprint density at radius 3 is 2.52 bits per heavy atom. The molecule has 128 valence electrons. The summed E-state index contributed by atoms with van der Waals surface area (Å²) < 4.78 is 0. The number of hydrogen-bond acceptors (Lipinski definition) is 4. The van der Waals surface area contributed by atoms with Gasteiger partial charge in [0.1, 0.15) is 5.69 Å². The van der Waals surface area contributed by atoms with Gasteiger partial charge in [0, 0.05) is 55.9 Å². The quantitative estimate of drug-likeness (QED) is 0.586. The smallest absolute Gasteiger partial charge is 0.292 e. The molecule has 0 radical (unpaired) electrons. The predicted octanol–water partition coefficient (Wildman–Crippen LogP) is 3.40. The van der Waals surface area contributed by atoms with Crippen LogP contribution in [0, 0.1) is 10.1 Å². The Morgan fingerprint density at radius 2 is 1.72 bits per heavy atom. The minimum atomic E-state index is -0.298. The molecule has 1 N–H and O–H groups in total. The first kappa shape index (κ1) is 15.7. The summed E-state index contributed by atoms with van der Waals surface area (Å²) in [5.41, 5.74) is 3.37. The van der Waals surface area contributed by atoms with Crippen LogP contribution in [0.4, 0.5) is 11.4 Å². The summed E-state index contributed by atoms with van der Waals surface area (Å²) in [6.07, 6.45) is 2.08. The van der Waals surface area contributed by atoms with Gasteiger partial charge < -0.3 is 9.88 Å². The van der Waals surface area contributed by atoms with Gasteiger partial charge in [0.25, 0.3) is 5.69 Å². The highest BCUT2D eigenvalue weighted by Gasteiger charge is 2.23. The van der Waals surface area contributed by atoms with E-state index in [2.05, 4.69) is 39.2 Å². The van der Waals surface area contributed by atoms with Crippen LogP contribution in [-0.2, 0) is 6.54 Å². The molecule has 1 saturated heterocycles. The van der Waals surface area contributed by atoms with E-state index in [1.165, 1.54) is 10.9 Å². The predicted molar refractivity (Wildman–Crippen MR) is 98.9 cm³/mol. The Hall–Kier alpha value is -2.86. The molecule has 4 rings (SSSR count). The van der Waals surface area contributed by atoms with Crippen molar-refractivity contribution < 1.29 is 4.92 Å². The number of aromatic nitrogens is 1. The molecule has 6 nitrogen and oxygen atoms in total. The number of piperazine rings is 1. The molecule has 0 saturated carbocycles. The monoisotopic (exact) mass is 336 g/mol. The molecular weight excluding hydrogens is 316 g/mol. The lowest BCUT2D eigenvalue weighted by molar-refractivity contribution is -0.384. The van der Waals surface area contributed by atoms with E-state index in [0.717, 1.165) is 43.9 Å². The zero-order valence-electron chi connectivity index (χ0n) is 13.9. The first-order chi connectivity index (χ1) is 12.2. The van der Waals surface area contributed by atoms with E-state index >= 15 is 0 Å². The molecular formula is C19H20N4O2. The van der Waals surface area contributed by atoms with Crippen LogP contribution in [0.3, 0.4) is 0 Å². The number of H-pyrrole nitrogens is 1. The van der Waals surface area contributed by atoms with Crippen molar-refractivity contribution >= 4 is 22.3 Å². The van der Waals surface area contributed by atoms with Crippen molar-refractivity contribution in [2.75, 3.05) is 31.1 Å². The number of para-hydroxylation sites is 3. The first-order valence-corrected chi connectivity index (χ1v) is 8.48. The number of fused-ring (bicyclic) bond motifs is 1. The Balaban J connectivity index is 1.44. The Labute approximate surface area is 145 Å². The Kier molecular flexibility index (Phi) is 4.11. The maximum atomic E-state index is 11.2. The summed E-state index contributed by atoms with van der Waals surface area (Å²) in [4.78, 5) is 18.8. The van der Waals surface area contributed by atoms with Crippen molar-refractivity contribution in [3.05, 3.63) is 70.4 Å². The van der Waals surface area contributed by atoms with Gasteiger partial charge in [0.2, 0.25) is 0 Å². The Bertz CT molecular complexity index is 897. The molecule has 0 aliphatic carbocycles. The average Bonchev–Trinajstić information content (AvgIpc) is 3.05. The van der Waals surface area contributed by atoms with E-state index in [4.69, 9.17) is 0 Å². The molecule has 0 bridgehead atoms. The van der Waals surface area contributed by atoms with Gasteiger partial charge in [-0.25, -0.2) is 0 Å². The lowest BCUT2D eigenvalue weighted by Gasteiger charge is -2.35. The topological polar surface area (TPSA) is 65.4 Å². The van der Waals surface area contributed by atoms with Crippen LogP contribution < -0.4 is 4.90 Å². The van der Waals surface area contributed by atoms with E-state index in [1.54, 1.807) is 12.1 Å². The third kappa shape index (κ3) is 3.08. The number of anilines is 1. The number of benzene rings is 2. The van der Waals surface area contributed by atoms with Crippen LogP contribution in [0.2, 0.25) is 0 Å². The standard InChI is InChI=1S/C19H20N4O2/c24-23(25)19-8-4-3-7-18(19)22-11-9-21(10-12-22)14-15-13-20-17-6-2-1-5-16(15)17/h1-8,13,20H,9-12,14H2. The third-order valence-electron chi connectivity index (χ3n) is 4.86. The highest BCUT2D eigenvalue weighted by molar-refractivity contribution is 5.82. The van der Waals surface area contributed by atoms with Crippen molar-refractivity contribution in [2.24, 2.45) is 0 Å². The van der Waals surface area contributed by atoms with Crippen LogP contribution >= 0.6 is 0 Å². The van der Waals surface area contributed by atoms with Gasteiger partial charge >= 0.3 is 0 Å². The number of hydrogen-bond donors (Lipinski definition) is 1. The summed E-state index contributed by atoms with van der Waals surface area (Å²) >= 11 is 0. The second kappa shape index (κ2) is 6.57.